The summed E-state index contributed by atoms with van der Waals surface area (Å²) in [7, 11) is 0. The molecule has 28 heavy (non-hydrogen) atoms. The van der Waals surface area contributed by atoms with Gasteiger partial charge in [0.1, 0.15) is 5.75 Å². The number of thioether (sulfide) groups is 1. The highest BCUT2D eigenvalue weighted by Crippen LogP contribution is 2.33. The molecule has 0 aliphatic carbocycles. The van der Waals surface area contributed by atoms with E-state index in [0.717, 1.165) is 40.1 Å². The third-order valence-electron chi connectivity index (χ3n) is 4.01. The minimum absolute atomic E-state index is 0.0254. The van der Waals surface area contributed by atoms with Gasteiger partial charge in [0, 0.05) is 11.8 Å². The second-order valence-electron chi connectivity index (χ2n) is 6.51. The lowest BCUT2D eigenvalue weighted by molar-refractivity contribution is -0.141. The van der Waals surface area contributed by atoms with Crippen LogP contribution in [-0.2, 0) is 11.9 Å². The molecule has 0 unspecified atom stereocenters. The van der Waals surface area contributed by atoms with Crippen LogP contribution in [0.15, 0.2) is 53.7 Å². The fourth-order valence-corrected chi connectivity index (χ4v) is 3.62. The molecule has 3 rings (SSSR count). The van der Waals surface area contributed by atoms with Crippen molar-refractivity contribution in [1.82, 2.24) is 9.97 Å². The molecular weight excluding hydrogens is 385 g/mol. The Kier molecular flexibility index (Phi) is 5.93. The van der Waals surface area contributed by atoms with Crippen LogP contribution < -0.4 is 4.74 Å². The SMILES string of the molecule is Cc1cc(C)cc(Oc2cc(C(F)(F)F)nc(SCc3ccccc3C)n2)c1. The van der Waals surface area contributed by atoms with Crippen LogP contribution in [0, 0.1) is 20.8 Å². The summed E-state index contributed by atoms with van der Waals surface area (Å²) in [5.74, 6) is 0.788. The summed E-state index contributed by atoms with van der Waals surface area (Å²) >= 11 is 1.15. The van der Waals surface area contributed by atoms with Crippen molar-refractivity contribution >= 4 is 11.8 Å². The van der Waals surface area contributed by atoms with E-state index in [-0.39, 0.29) is 11.0 Å². The third-order valence-corrected chi connectivity index (χ3v) is 4.90. The van der Waals surface area contributed by atoms with Crippen LogP contribution >= 0.6 is 11.8 Å². The van der Waals surface area contributed by atoms with Crippen molar-refractivity contribution in [2.75, 3.05) is 0 Å². The van der Waals surface area contributed by atoms with Gasteiger partial charge in [-0.05, 0) is 55.2 Å². The predicted molar refractivity (Wildman–Crippen MR) is 104 cm³/mol. The van der Waals surface area contributed by atoms with Gasteiger partial charge in [-0.2, -0.15) is 18.2 Å². The molecule has 1 aromatic heterocycles. The van der Waals surface area contributed by atoms with E-state index in [2.05, 4.69) is 9.97 Å². The normalized spacial score (nSPS) is 11.5. The minimum Gasteiger partial charge on any atom is -0.439 e. The Morgan fingerprint density at radius 1 is 0.929 bits per heavy atom. The van der Waals surface area contributed by atoms with E-state index in [1.807, 2.05) is 51.1 Å². The fourth-order valence-electron chi connectivity index (χ4n) is 2.69. The van der Waals surface area contributed by atoms with Crippen molar-refractivity contribution in [3.05, 3.63) is 76.5 Å². The van der Waals surface area contributed by atoms with Crippen LogP contribution in [0.5, 0.6) is 11.6 Å². The molecule has 3 nitrogen and oxygen atoms in total. The van der Waals surface area contributed by atoms with E-state index in [1.165, 1.54) is 0 Å². The van der Waals surface area contributed by atoms with Crippen molar-refractivity contribution < 1.29 is 17.9 Å². The number of ether oxygens (including phenoxy) is 1. The lowest BCUT2D eigenvalue weighted by atomic mass is 10.1. The van der Waals surface area contributed by atoms with E-state index in [4.69, 9.17) is 4.74 Å². The standard InChI is InChI=1S/C21H19F3N2OS/c1-13-8-14(2)10-17(9-13)27-19-11-18(21(22,23)24)25-20(26-19)28-12-16-7-5-4-6-15(16)3/h4-11H,12H2,1-3H3. The van der Waals surface area contributed by atoms with Crippen molar-refractivity contribution in [2.45, 2.75) is 37.9 Å². The Hall–Kier alpha value is -2.54. The molecule has 0 saturated heterocycles. The van der Waals surface area contributed by atoms with E-state index in [0.29, 0.717) is 11.5 Å². The smallest absolute Gasteiger partial charge is 0.433 e. The van der Waals surface area contributed by atoms with E-state index in [9.17, 15) is 13.2 Å². The molecule has 146 valence electrons. The van der Waals surface area contributed by atoms with Gasteiger partial charge in [0.15, 0.2) is 10.9 Å². The first-order valence-electron chi connectivity index (χ1n) is 8.60. The second-order valence-corrected chi connectivity index (χ2v) is 7.45. The molecule has 3 aromatic rings. The summed E-state index contributed by atoms with van der Waals surface area (Å²) in [6, 6.07) is 14.0. The van der Waals surface area contributed by atoms with Gasteiger partial charge in [-0.25, -0.2) is 4.98 Å². The van der Waals surface area contributed by atoms with Gasteiger partial charge in [-0.3, -0.25) is 0 Å². The van der Waals surface area contributed by atoms with Gasteiger partial charge in [0.25, 0.3) is 0 Å². The Balaban J connectivity index is 1.89. The average Bonchev–Trinajstić information content (AvgIpc) is 2.59. The van der Waals surface area contributed by atoms with Gasteiger partial charge in [-0.1, -0.05) is 42.1 Å². The molecule has 0 amide bonds. The molecule has 2 aromatic carbocycles. The minimum atomic E-state index is -4.58. The number of halogens is 3. The van der Waals surface area contributed by atoms with Crippen LogP contribution in [0.1, 0.15) is 27.9 Å². The molecule has 0 spiro atoms. The Bertz CT molecular complexity index is 969. The molecule has 0 bridgehead atoms. The van der Waals surface area contributed by atoms with Crippen molar-refractivity contribution in [3.8, 4) is 11.6 Å². The molecule has 0 saturated carbocycles. The third kappa shape index (κ3) is 5.25. The fraction of sp³-hybridized carbons (Fsp3) is 0.238. The van der Waals surface area contributed by atoms with Crippen LogP contribution in [0.4, 0.5) is 13.2 Å². The zero-order chi connectivity index (χ0) is 20.3. The summed E-state index contributed by atoms with van der Waals surface area (Å²) in [4.78, 5) is 7.85. The summed E-state index contributed by atoms with van der Waals surface area (Å²) in [6.45, 7) is 5.74. The van der Waals surface area contributed by atoms with Gasteiger partial charge < -0.3 is 4.74 Å². The quantitative estimate of drug-likeness (QED) is 0.359. The number of hydrogen-bond acceptors (Lipinski definition) is 4. The molecule has 0 aliphatic rings. The summed E-state index contributed by atoms with van der Waals surface area (Å²) in [5.41, 5.74) is 2.97. The average molecular weight is 404 g/mol. The molecule has 0 aliphatic heterocycles. The summed E-state index contributed by atoms with van der Waals surface area (Å²) in [5, 5.41) is 0.0254. The highest BCUT2D eigenvalue weighted by atomic mass is 32.2. The number of aryl methyl sites for hydroxylation is 3. The number of rotatable bonds is 5. The van der Waals surface area contributed by atoms with E-state index < -0.39 is 11.9 Å². The predicted octanol–water partition coefficient (Wildman–Crippen LogP) is 6.51. The number of hydrogen-bond donors (Lipinski definition) is 0. The highest BCUT2D eigenvalue weighted by Gasteiger charge is 2.34. The zero-order valence-electron chi connectivity index (χ0n) is 15.7. The maximum absolute atomic E-state index is 13.3. The van der Waals surface area contributed by atoms with Gasteiger partial charge >= 0.3 is 6.18 Å². The second kappa shape index (κ2) is 8.22. The number of benzene rings is 2. The topological polar surface area (TPSA) is 35.0 Å². The van der Waals surface area contributed by atoms with Crippen molar-refractivity contribution in [3.63, 3.8) is 0 Å². The summed E-state index contributed by atoms with van der Waals surface area (Å²) in [6.07, 6.45) is -4.58. The number of nitrogens with zero attached hydrogens (tertiary/aromatic N) is 2. The number of aromatic nitrogens is 2. The van der Waals surface area contributed by atoms with Gasteiger partial charge in [0.2, 0.25) is 5.88 Å². The Labute approximate surface area is 166 Å². The molecule has 0 fully saturated rings. The maximum Gasteiger partial charge on any atom is 0.433 e. The van der Waals surface area contributed by atoms with Gasteiger partial charge in [0.05, 0.1) is 0 Å². The Morgan fingerprint density at radius 3 is 2.25 bits per heavy atom. The monoisotopic (exact) mass is 404 g/mol. The van der Waals surface area contributed by atoms with Crippen LogP contribution in [0.25, 0.3) is 0 Å². The van der Waals surface area contributed by atoms with Crippen molar-refractivity contribution in [1.29, 1.82) is 0 Å². The molecule has 0 radical (unpaired) electrons. The first-order chi connectivity index (χ1) is 13.2. The number of alkyl halides is 3. The van der Waals surface area contributed by atoms with Crippen LogP contribution in [0.2, 0.25) is 0 Å². The van der Waals surface area contributed by atoms with Crippen LogP contribution in [0.3, 0.4) is 0 Å². The highest BCUT2D eigenvalue weighted by molar-refractivity contribution is 7.98. The molecule has 7 heteroatoms. The van der Waals surface area contributed by atoms with E-state index >= 15 is 0 Å². The van der Waals surface area contributed by atoms with E-state index in [1.54, 1.807) is 12.1 Å². The molecule has 1 heterocycles. The summed E-state index contributed by atoms with van der Waals surface area (Å²) < 4.78 is 45.5. The first kappa shape index (κ1) is 20.2. The first-order valence-corrected chi connectivity index (χ1v) is 9.59. The van der Waals surface area contributed by atoms with Crippen LogP contribution in [-0.4, -0.2) is 9.97 Å². The maximum atomic E-state index is 13.3. The van der Waals surface area contributed by atoms with Gasteiger partial charge in [-0.15, -0.1) is 0 Å². The Morgan fingerprint density at radius 2 is 1.61 bits per heavy atom. The lowest BCUT2D eigenvalue weighted by Crippen LogP contribution is -2.10. The molecule has 0 atom stereocenters. The van der Waals surface area contributed by atoms with Crippen molar-refractivity contribution in [2.24, 2.45) is 0 Å². The lowest BCUT2D eigenvalue weighted by Gasteiger charge is -2.12. The molecule has 0 N–H and O–H groups in total. The zero-order valence-corrected chi connectivity index (χ0v) is 16.5. The molecular formula is C21H19F3N2OS. The largest absolute Gasteiger partial charge is 0.439 e.